The van der Waals surface area contributed by atoms with Gasteiger partial charge in [-0.1, -0.05) is 18.2 Å². The minimum Gasteiger partial charge on any atom is -0.349 e. The Balaban J connectivity index is 1.64. The molecule has 0 spiro atoms. The first-order valence-corrected chi connectivity index (χ1v) is 7.57. The summed E-state index contributed by atoms with van der Waals surface area (Å²) in [6.45, 7) is 2.00. The molecule has 3 rings (SSSR count). The molecule has 2 heterocycles. The van der Waals surface area contributed by atoms with E-state index in [1.165, 1.54) is 10.5 Å². The largest absolute Gasteiger partial charge is 0.349 e. The highest BCUT2D eigenvalue weighted by Crippen LogP contribution is 2.37. The van der Waals surface area contributed by atoms with E-state index in [9.17, 15) is 4.79 Å². The van der Waals surface area contributed by atoms with E-state index in [1.807, 2.05) is 31.2 Å². The van der Waals surface area contributed by atoms with Crippen LogP contribution in [0.15, 0.2) is 53.7 Å². The number of thioether (sulfide) groups is 1. The number of pyridine rings is 1. The molecule has 20 heavy (non-hydrogen) atoms. The van der Waals surface area contributed by atoms with Gasteiger partial charge < -0.3 is 5.32 Å². The van der Waals surface area contributed by atoms with Crippen molar-refractivity contribution in [2.24, 2.45) is 0 Å². The number of aromatic nitrogens is 1. The molecule has 2 aromatic rings. The number of amides is 1. The summed E-state index contributed by atoms with van der Waals surface area (Å²) in [6.07, 6.45) is 4.31. The maximum absolute atomic E-state index is 12.4. The Morgan fingerprint density at radius 2 is 2.05 bits per heavy atom. The van der Waals surface area contributed by atoms with Gasteiger partial charge in [0.25, 0.3) is 0 Å². The van der Waals surface area contributed by atoms with Crippen LogP contribution < -0.4 is 5.32 Å². The first-order valence-electron chi connectivity index (χ1n) is 6.69. The predicted molar refractivity (Wildman–Crippen MR) is 80.6 cm³/mol. The summed E-state index contributed by atoms with van der Waals surface area (Å²) >= 11 is 1.66. The summed E-state index contributed by atoms with van der Waals surface area (Å²) in [7, 11) is 0. The van der Waals surface area contributed by atoms with Crippen molar-refractivity contribution in [3.05, 3.63) is 59.9 Å². The Bertz CT molecular complexity index is 590. The van der Waals surface area contributed by atoms with E-state index in [0.717, 1.165) is 12.0 Å². The zero-order valence-corrected chi connectivity index (χ0v) is 12.1. The summed E-state index contributed by atoms with van der Waals surface area (Å²) in [6, 6.07) is 12.1. The van der Waals surface area contributed by atoms with E-state index in [2.05, 4.69) is 22.4 Å². The van der Waals surface area contributed by atoms with Gasteiger partial charge in [0, 0.05) is 17.3 Å². The Morgan fingerprint density at radius 1 is 1.30 bits per heavy atom. The number of nitrogens with zero attached hydrogens (tertiary/aromatic N) is 1. The molecule has 0 fully saturated rings. The number of hydrogen-bond donors (Lipinski definition) is 1. The lowest BCUT2D eigenvalue weighted by Crippen LogP contribution is -2.34. The molecule has 0 saturated heterocycles. The van der Waals surface area contributed by atoms with Crippen molar-refractivity contribution in [3.63, 3.8) is 0 Å². The molecule has 1 aromatic carbocycles. The van der Waals surface area contributed by atoms with E-state index in [0.29, 0.717) is 0 Å². The Hall–Kier alpha value is -1.81. The molecular weight excluding hydrogens is 268 g/mol. The minimum absolute atomic E-state index is 0.00909. The second-order valence-corrected chi connectivity index (χ2v) is 6.17. The third-order valence-electron chi connectivity index (χ3n) is 3.50. The number of carbonyl (C=O) groups excluding carboxylic acids is 1. The van der Waals surface area contributed by atoms with Crippen molar-refractivity contribution in [1.29, 1.82) is 0 Å². The lowest BCUT2D eigenvalue weighted by molar-refractivity contribution is -0.121. The van der Waals surface area contributed by atoms with E-state index in [-0.39, 0.29) is 17.2 Å². The van der Waals surface area contributed by atoms with E-state index in [4.69, 9.17) is 0 Å². The topological polar surface area (TPSA) is 42.0 Å². The second kappa shape index (κ2) is 5.67. The summed E-state index contributed by atoms with van der Waals surface area (Å²) in [5, 5.41) is 3.07. The first kappa shape index (κ1) is 13.2. The number of carbonyl (C=O) groups is 1. The predicted octanol–water partition coefficient (Wildman–Crippen LogP) is 2.98. The maximum Gasteiger partial charge on any atom is 0.234 e. The van der Waals surface area contributed by atoms with Crippen LogP contribution in [0.3, 0.4) is 0 Å². The third kappa shape index (κ3) is 2.70. The summed E-state index contributed by atoms with van der Waals surface area (Å²) < 4.78 is 0. The molecule has 1 aliphatic heterocycles. The van der Waals surface area contributed by atoms with Gasteiger partial charge in [-0.05, 0) is 42.7 Å². The van der Waals surface area contributed by atoms with Gasteiger partial charge >= 0.3 is 0 Å². The van der Waals surface area contributed by atoms with Crippen LogP contribution in [0.5, 0.6) is 0 Å². The quantitative estimate of drug-likeness (QED) is 0.942. The molecule has 3 nitrogen and oxygen atoms in total. The number of hydrogen-bond acceptors (Lipinski definition) is 3. The van der Waals surface area contributed by atoms with Gasteiger partial charge in [0.2, 0.25) is 5.91 Å². The second-order valence-electron chi connectivity index (χ2n) is 4.93. The standard InChI is InChI=1S/C16H16N2OS/c1-11(12-6-8-17-9-7-12)18-16(19)15-10-13-4-2-3-5-14(13)20-15/h2-9,11,15H,10H2,1H3,(H,18,19)/t11-,15+/m0/s1. The summed E-state index contributed by atoms with van der Waals surface area (Å²) in [4.78, 5) is 17.6. The molecule has 0 radical (unpaired) electrons. The van der Waals surface area contributed by atoms with Crippen molar-refractivity contribution < 1.29 is 4.79 Å². The summed E-state index contributed by atoms with van der Waals surface area (Å²) in [5.74, 6) is 0.107. The highest BCUT2D eigenvalue weighted by atomic mass is 32.2. The SMILES string of the molecule is C[C@H](NC(=O)[C@H]1Cc2ccccc2S1)c1ccncc1. The van der Waals surface area contributed by atoms with Gasteiger partial charge in [0.05, 0.1) is 11.3 Å². The molecule has 0 saturated carbocycles. The molecule has 102 valence electrons. The van der Waals surface area contributed by atoms with Crippen molar-refractivity contribution in [2.75, 3.05) is 0 Å². The molecule has 2 atom stereocenters. The van der Waals surface area contributed by atoms with Crippen LogP contribution >= 0.6 is 11.8 Å². The maximum atomic E-state index is 12.4. The van der Waals surface area contributed by atoms with Gasteiger partial charge in [0.15, 0.2) is 0 Å². The fraction of sp³-hybridized carbons (Fsp3) is 0.250. The van der Waals surface area contributed by atoms with Crippen LogP contribution in [0.25, 0.3) is 0 Å². The van der Waals surface area contributed by atoms with Gasteiger partial charge in [0.1, 0.15) is 0 Å². The molecule has 1 amide bonds. The van der Waals surface area contributed by atoms with Crippen molar-refractivity contribution in [1.82, 2.24) is 10.3 Å². The Labute approximate surface area is 122 Å². The highest BCUT2D eigenvalue weighted by molar-refractivity contribution is 8.01. The third-order valence-corrected chi connectivity index (χ3v) is 4.82. The lowest BCUT2D eigenvalue weighted by atomic mass is 10.1. The molecule has 4 heteroatoms. The van der Waals surface area contributed by atoms with Gasteiger partial charge in [-0.2, -0.15) is 0 Å². The van der Waals surface area contributed by atoms with Crippen molar-refractivity contribution in [2.45, 2.75) is 29.5 Å². The van der Waals surface area contributed by atoms with Crippen LogP contribution in [-0.4, -0.2) is 16.1 Å². The van der Waals surface area contributed by atoms with Crippen LogP contribution in [0, 0.1) is 0 Å². The fourth-order valence-corrected chi connectivity index (χ4v) is 3.57. The van der Waals surface area contributed by atoms with Crippen LogP contribution in [0.2, 0.25) is 0 Å². The first-order chi connectivity index (χ1) is 9.74. The van der Waals surface area contributed by atoms with Crippen LogP contribution in [-0.2, 0) is 11.2 Å². The van der Waals surface area contributed by atoms with Gasteiger partial charge in [-0.3, -0.25) is 9.78 Å². The molecule has 0 unspecified atom stereocenters. The molecule has 1 N–H and O–H groups in total. The Kier molecular flexibility index (Phi) is 3.74. The van der Waals surface area contributed by atoms with Crippen molar-refractivity contribution in [3.8, 4) is 0 Å². The smallest absolute Gasteiger partial charge is 0.234 e. The highest BCUT2D eigenvalue weighted by Gasteiger charge is 2.28. The molecule has 1 aromatic heterocycles. The summed E-state index contributed by atoms with van der Waals surface area (Å²) in [5.41, 5.74) is 2.35. The van der Waals surface area contributed by atoms with Crippen LogP contribution in [0.1, 0.15) is 24.1 Å². The number of rotatable bonds is 3. The van der Waals surface area contributed by atoms with Gasteiger partial charge in [-0.15, -0.1) is 11.8 Å². The van der Waals surface area contributed by atoms with Gasteiger partial charge in [-0.25, -0.2) is 0 Å². The fourth-order valence-electron chi connectivity index (χ4n) is 2.37. The zero-order chi connectivity index (χ0) is 13.9. The molecule has 1 aliphatic rings. The number of nitrogens with one attached hydrogen (secondary N) is 1. The zero-order valence-electron chi connectivity index (χ0n) is 11.2. The van der Waals surface area contributed by atoms with E-state index >= 15 is 0 Å². The normalized spacial score (nSPS) is 18.4. The lowest BCUT2D eigenvalue weighted by Gasteiger charge is -2.16. The average molecular weight is 284 g/mol. The molecule has 0 aliphatic carbocycles. The van der Waals surface area contributed by atoms with Crippen molar-refractivity contribution >= 4 is 17.7 Å². The number of fused-ring (bicyclic) bond motifs is 1. The van der Waals surface area contributed by atoms with E-state index in [1.54, 1.807) is 24.2 Å². The monoisotopic (exact) mass is 284 g/mol. The average Bonchev–Trinajstić information content (AvgIpc) is 2.92. The Morgan fingerprint density at radius 3 is 2.80 bits per heavy atom. The van der Waals surface area contributed by atoms with E-state index < -0.39 is 0 Å². The minimum atomic E-state index is -0.0170. The van der Waals surface area contributed by atoms with Crippen LogP contribution in [0.4, 0.5) is 0 Å². The molecule has 0 bridgehead atoms. The number of benzene rings is 1. The molecular formula is C16H16N2OS.